The zero-order valence-corrected chi connectivity index (χ0v) is 59.9. The molecule has 19 rings (SSSR count). The highest BCUT2D eigenvalue weighted by molar-refractivity contribution is 6.12. The Morgan fingerprint density at radius 1 is 0.236 bits per heavy atom. The van der Waals surface area contributed by atoms with Crippen molar-refractivity contribution in [2.75, 3.05) is 9.80 Å². The van der Waals surface area contributed by atoms with Crippen LogP contribution in [0.25, 0.3) is 144 Å². The van der Waals surface area contributed by atoms with Gasteiger partial charge in [-0.3, -0.25) is 0 Å². The molecule has 0 radical (unpaired) electrons. The van der Waals surface area contributed by atoms with Crippen LogP contribution in [0.4, 0.5) is 34.1 Å². The van der Waals surface area contributed by atoms with Crippen molar-refractivity contribution in [3.8, 4) is 100 Å². The van der Waals surface area contributed by atoms with E-state index in [1.807, 2.05) is 239 Å². The number of nitrogens with zero attached hydrogens (tertiary/aromatic N) is 4. The second kappa shape index (κ2) is 28.3. The van der Waals surface area contributed by atoms with Gasteiger partial charge in [0.05, 0.1) is 63.6 Å². The van der Waals surface area contributed by atoms with E-state index in [4.69, 9.17) is 0 Å². The predicted octanol–water partition coefficient (Wildman–Crippen LogP) is 29.5. The lowest BCUT2D eigenvalue weighted by molar-refractivity contribution is 0.590. The molecule has 0 bridgehead atoms. The Balaban J connectivity index is 1.02. The molecule has 110 heavy (non-hydrogen) atoms. The summed E-state index contributed by atoms with van der Waals surface area (Å²) >= 11 is 0. The Bertz CT molecular complexity index is 7810. The molecule has 0 saturated heterocycles. The van der Waals surface area contributed by atoms with Crippen molar-refractivity contribution in [2.24, 2.45) is 0 Å². The number of benzene rings is 17. The van der Waals surface area contributed by atoms with Crippen LogP contribution in [0.2, 0.25) is 0 Å². The van der Waals surface area contributed by atoms with Gasteiger partial charge in [-0.15, -0.1) is 0 Å². The van der Waals surface area contributed by atoms with Crippen LogP contribution >= 0.6 is 0 Å². The van der Waals surface area contributed by atoms with Crippen molar-refractivity contribution >= 4 is 77.7 Å². The molecule has 0 N–H and O–H groups in total. The Kier molecular flexibility index (Phi) is 12.1. The molecular weight excluding hydrogens is 1330 g/mol. The summed E-state index contributed by atoms with van der Waals surface area (Å²) in [5, 5.41) is -1.20. The topological polar surface area (TPSA) is 16.3 Å². The van der Waals surface area contributed by atoms with Crippen molar-refractivity contribution in [1.29, 1.82) is 0 Å². The zero-order chi connectivity index (χ0) is 92.8. The molecule has 0 aliphatic heterocycles. The third-order valence-electron chi connectivity index (χ3n) is 20.1. The first kappa shape index (κ1) is 46.8. The molecule has 19 aromatic rings. The summed E-state index contributed by atoms with van der Waals surface area (Å²) in [5.41, 5.74) is 4.86. The lowest BCUT2D eigenvalue weighted by Crippen LogP contribution is -2.19. The number of aromatic nitrogens is 2. The lowest BCUT2D eigenvalue weighted by Gasteiger charge is -2.35. The van der Waals surface area contributed by atoms with Crippen LogP contribution in [0.5, 0.6) is 0 Å². The van der Waals surface area contributed by atoms with Gasteiger partial charge in [0.2, 0.25) is 0 Å². The first-order chi connectivity index (χ1) is 63.4. The molecule has 2 heterocycles. The largest absolute Gasteiger partial charge is 0.309 e. The van der Waals surface area contributed by atoms with Gasteiger partial charge in [-0.25, -0.2) is 0 Å². The van der Waals surface area contributed by atoms with Crippen molar-refractivity contribution in [3.05, 3.63) is 424 Å². The summed E-state index contributed by atoms with van der Waals surface area (Å²) in [5.74, 6) is 0. The quantitative estimate of drug-likeness (QED) is 0.0959. The van der Waals surface area contributed by atoms with E-state index >= 15 is 0 Å². The Hall–Kier alpha value is -14.1. The molecule has 2 aromatic heterocycles. The molecule has 0 atom stereocenters. The first-order valence-electron chi connectivity index (χ1n) is 47.3. The van der Waals surface area contributed by atoms with E-state index in [0.717, 1.165) is 31.4 Å². The second-order valence-corrected chi connectivity index (χ2v) is 27.9. The smallest absolute Gasteiger partial charge is 0.0667 e. The van der Waals surface area contributed by atoms with Crippen LogP contribution in [-0.4, -0.2) is 9.13 Å². The number of anilines is 6. The Morgan fingerprint density at radius 2 is 0.536 bits per heavy atom. The van der Waals surface area contributed by atoms with Crippen LogP contribution in [0.1, 0.15) is 56.5 Å². The molecule has 0 aliphatic rings. The fourth-order valence-electron chi connectivity index (χ4n) is 14.8. The molecule has 0 saturated carbocycles. The maximum atomic E-state index is 11.6. The van der Waals surface area contributed by atoms with Gasteiger partial charge in [0.1, 0.15) is 0 Å². The summed E-state index contributed by atoms with van der Waals surface area (Å²) in [6.07, 6.45) is 0. The molecule has 0 unspecified atom stereocenters. The van der Waals surface area contributed by atoms with Gasteiger partial charge < -0.3 is 18.9 Å². The minimum atomic E-state index is -1.02. The van der Waals surface area contributed by atoms with Crippen LogP contribution in [0.15, 0.2) is 418 Å². The van der Waals surface area contributed by atoms with E-state index in [1.165, 1.54) is 0 Å². The van der Waals surface area contributed by atoms with E-state index < -0.39 is 172 Å². The number of hydrogen-bond acceptors (Lipinski definition) is 2. The van der Waals surface area contributed by atoms with E-state index in [-0.39, 0.29) is 66.5 Å². The molecule has 522 valence electrons. The Labute approximate surface area is 674 Å². The van der Waals surface area contributed by atoms with Crippen molar-refractivity contribution < 1.29 is 30.2 Å². The van der Waals surface area contributed by atoms with Crippen molar-refractivity contribution in [1.82, 2.24) is 9.13 Å². The first-order valence-corrected chi connectivity index (χ1v) is 36.3. The second-order valence-electron chi connectivity index (χ2n) is 27.9. The molecule has 4 heteroatoms. The maximum Gasteiger partial charge on any atom is 0.0667 e. The monoisotopic (exact) mass is 1430 g/mol. The van der Waals surface area contributed by atoms with Crippen molar-refractivity contribution in [3.63, 3.8) is 0 Å². The summed E-state index contributed by atoms with van der Waals surface area (Å²) in [6, 6.07) is 72.4. The Morgan fingerprint density at radius 3 is 0.891 bits per heavy atom. The van der Waals surface area contributed by atoms with Crippen LogP contribution in [0, 0.1) is 0 Å². The third kappa shape index (κ3) is 12.4. The zero-order valence-electron chi connectivity index (χ0n) is 81.9. The highest BCUT2D eigenvalue weighted by atomic mass is 15.2. The molecular formula is C106H78N4. The average molecular weight is 1430 g/mol. The van der Waals surface area contributed by atoms with Crippen LogP contribution in [-0.2, 0) is 5.41 Å². The van der Waals surface area contributed by atoms with Gasteiger partial charge >= 0.3 is 0 Å². The van der Waals surface area contributed by atoms with Crippen LogP contribution < -0.4 is 9.80 Å². The average Bonchev–Trinajstić information content (AvgIpc) is 1.53. The number of para-hydroxylation sites is 4. The summed E-state index contributed by atoms with van der Waals surface area (Å²) < 4.78 is 226. The predicted molar refractivity (Wildman–Crippen MR) is 467 cm³/mol. The van der Waals surface area contributed by atoms with Gasteiger partial charge in [0.15, 0.2) is 0 Å². The van der Waals surface area contributed by atoms with Gasteiger partial charge in [0.25, 0.3) is 0 Å². The molecule has 17 aromatic carbocycles. The lowest BCUT2D eigenvalue weighted by atomic mass is 9.85. The number of rotatable bonds is 16. The van der Waals surface area contributed by atoms with E-state index in [9.17, 15) is 30.2 Å². The van der Waals surface area contributed by atoms with Gasteiger partial charge in [-0.2, -0.15) is 0 Å². The maximum absolute atomic E-state index is 11.6. The molecule has 0 amide bonds. The third-order valence-corrected chi connectivity index (χ3v) is 20.1. The summed E-state index contributed by atoms with van der Waals surface area (Å²) in [6.45, 7) is 5.85. The SMILES string of the molecule is [2H]c1c([2H])c(N(c2cc(N(c3c(-c4ccc(-c5ccccc5)cc4)cccc3-c3ccc(-c4ccccc4)cc3)c3c([2H])c([2H])c([2H])c(-n4c5c([2H])c([2H])c([2H])c([2H])c5c5c([2H])c([2H])c(-c6ccccc6)c([2H])c54)c3[2H])cc(C(C)(C)C)c2)c2c(-c3ccccc3)cccc2-c2ccccc2)c([2H])c(-n2c3c([2H])c([2H])c([2H])c([2H])c3c3c([2H])c([2H])c(-c4ccccc4)c([2H])c32)c1[2H]. The van der Waals surface area contributed by atoms with Gasteiger partial charge in [0, 0.05) is 77.9 Å². The highest BCUT2D eigenvalue weighted by Crippen LogP contribution is 2.53. The highest BCUT2D eigenvalue weighted by Gasteiger charge is 2.30. The van der Waals surface area contributed by atoms with Crippen molar-refractivity contribution in [2.45, 2.75) is 26.2 Å². The fraction of sp³-hybridized carbons (Fsp3) is 0.0377. The van der Waals surface area contributed by atoms with E-state index in [0.29, 0.717) is 61.2 Å². The molecule has 4 nitrogen and oxygen atoms in total. The van der Waals surface area contributed by atoms with E-state index in [1.54, 1.807) is 76.5 Å². The minimum absolute atomic E-state index is 0.0757. The summed E-state index contributed by atoms with van der Waals surface area (Å²) in [7, 11) is 0. The molecule has 0 spiro atoms. The fourth-order valence-corrected chi connectivity index (χ4v) is 14.8. The van der Waals surface area contributed by atoms with Crippen LogP contribution in [0.3, 0.4) is 0 Å². The summed E-state index contributed by atoms with van der Waals surface area (Å²) in [4.78, 5) is 3.27. The molecule has 0 aliphatic carbocycles. The normalized spacial score (nSPS) is 14.4. The van der Waals surface area contributed by atoms with E-state index in [2.05, 4.69) is 0 Å². The van der Waals surface area contributed by atoms with Gasteiger partial charge in [-0.05, 0) is 156 Å². The molecule has 0 fully saturated rings. The minimum Gasteiger partial charge on any atom is -0.309 e. The van der Waals surface area contributed by atoms with Gasteiger partial charge in [-0.1, -0.05) is 360 Å². The standard InChI is InChI=1S/C106H78N4/c1-106(2,3)85-68-90(107(104-92(79-38-18-8-19-39-79)48-28-49-93(104)80-40-20-9-21-41-80)86-42-26-44-88(70-86)109-100-52-24-22-46-96(100)98-64-62-83(66-102(98)109)75-34-14-6-15-35-75)72-91(69-85)108(87-43-27-45-89(71-87)110-101-53-25-23-47-97(101)99-65-63-84(67-103(99)110)76-36-16-7-17-37-76)105-94(81-58-54-77(55-59-81)73-30-10-4-11-31-73)50-29-51-95(105)82-60-56-78(57-61-82)74-32-12-5-13-33-74/h4-72H,1-3H3/i22D,23D,24D,25D,26D,27D,42D,43D,44D,45D,46D,47D,52D,53D,62D,63D,64D,65D,66D,67D,70D,71D. The number of hydrogen-bond donors (Lipinski definition) is 0. The number of fused-ring (bicyclic) bond motifs is 6.